The molecule has 0 radical (unpaired) electrons. The minimum absolute atomic E-state index is 0.243. The van der Waals surface area contributed by atoms with E-state index in [1.165, 1.54) is 0 Å². The number of hydrogen-bond donors (Lipinski definition) is 2. The van der Waals surface area contributed by atoms with Crippen LogP contribution in [0, 0.1) is 0 Å². The highest BCUT2D eigenvalue weighted by molar-refractivity contribution is 5.94. The van der Waals surface area contributed by atoms with E-state index < -0.39 is 5.60 Å². The summed E-state index contributed by atoms with van der Waals surface area (Å²) in [5, 5.41) is 13.9. The Bertz CT molecular complexity index is 606. The van der Waals surface area contributed by atoms with E-state index >= 15 is 0 Å². The van der Waals surface area contributed by atoms with Crippen molar-refractivity contribution < 1.29 is 9.90 Å². The van der Waals surface area contributed by atoms with E-state index in [0.29, 0.717) is 18.5 Å². The molecule has 0 aliphatic rings. The predicted octanol–water partition coefficient (Wildman–Crippen LogP) is 2.52. The molecule has 0 unspecified atom stereocenters. The van der Waals surface area contributed by atoms with E-state index in [1.807, 2.05) is 44.2 Å². The average Bonchev–Trinajstić information content (AvgIpc) is 2.51. The Morgan fingerprint density at radius 2 is 1.90 bits per heavy atom. The van der Waals surface area contributed by atoms with Gasteiger partial charge in [-0.05, 0) is 25.0 Å². The van der Waals surface area contributed by atoms with Crippen LogP contribution in [0.1, 0.15) is 37.2 Å². The van der Waals surface area contributed by atoms with Crippen molar-refractivity contribution in [3.63, 3.8) is 0 Å². The average molecular weight is 272 g/mol. The fourth-order valence-electron chi connectivity index (χ4n) is 2.03. The summed E-state index contributed by atoms with van der Waals surface area (Å²) in [5.41, 5.74) is 0.326. The van der Waals surface area contributed by atoms with Gasteiger partial charge in [0.15, 0.2) is 0 Å². The van der Waals surface area contributed by atoms with Gasteiger partial charge in [-0.3, -0.25) is 4.79 Å². The third kappa shape index (κ3) is 3.14. The van der Waals surface area contributed by atoms with Crippen LogP contribution in [0.15, 0.2) is 36.4 Å². The zero-order chi connectivity index (χ0) is 14.6. The van der Waals surface area contributed by atoms with E-state index in [9.17, 15) is 9.90 Å². The number of para-hydroxylation sites is 1. The maximum atomic E-state index is 12.1. The number of nitrogens with one attached hydrogen (secondary N) is 1. The summed E-state index contributed by atoms with van der Waals surface area (Å²) >= 11 is 0. The van der Waals surface area contributed by atoms with Gasteiger partial charge in [0.1, 0.15) is 5.69 Å². The molecule has 1 aromatic heterocycles. The van der Waals surface area contributed by atoms with Gasteiger partial charge in [0, 0.05) is 11.9 Å². The fraction of sp³-hybridized carbons (Fsp3) is 0.375. The number of nitrogens with zero attached hydrogens (tertiary/aromatic N) is 1. The molecule has 1 heterocycles. The summed E-state index contributed by atoms with van der Waals surface area (Å²) in [6.07, 6.45) is 1.21. The van der Waals surface area contributed by atoms with Gasteiger partial charge in [-0.15, -0.1) is 0 Å². The van der Waals surface area contributed by atoms with Crippen LogP contribution in [0.4, 0.5) is 0 Å². The van der Waals surface area contributed by atoms with Gasteiger partial charge >= 0.3 is 0 Å². The molecule has 2 rings (SSSR count). The standard InChI is InChI=1S/C16H20N2O2/c1-3-16(20,4-2)11-17-15(19)14-10-9-12-7-5-6-8-13(12)18-14/h5-10,20H,3-4,11H2,1-2H3,(H,17,19). The van der Waals surface area contributed by atoms with Gasteiger partial charge < -0.3 is 10.4 Å². The van der Waals surface area contributed by atoms with Crippen molar-refractivity contribution in [3.8, 4) is 0 Å². The van der Waals surface area contributed by atoms with Gasteiger partial charge in [-0.2, -0.15) is 0 Å². The van der Waals surface area contributed by atoms with E-state index in [1.54, 1.807) is 6.07 Å². The highest BCUT2D eigenvalue weighted by atomic mass is 16.3. The van der Waals surface area contributed by atoms with E-state index in [-0.39, 0.29) is 12.5 Å². The molecule has 0 bridgehead atoms. The zero-order valence-corrected chi connectivity index (χ0v) is 11.9. The predicted molar refractivity (Wildman–Crippen MR) is 79.6 cm³/mol. The Kier molecular flexibility index (Phi) is 4.35. The van der Waals surface area contributed by atoms with Gasteiger partial charge in [-0.1, -0.05) is 38.1 Å². The first-order chi connectivity index (χ1) is 9.58. The summed E-state index contributed by atoms with van der Waals surface area (Å²) in [6.45, 7) is 4.06. The summed E-state index contributed by atoms with van der Waals surface area (Å²) in [4.78, 5) is 16.4. The Morgan fingerprint density at radius 1 is 1.20 bits per heavy atom. The Hall–Kier alpha value is -1.94. The third-order valence-corrected chi connectivity index (χ3v) is 3.73. The molecule has 2 N–H and O–H groups in total. The highest BCUT2D eigenvalue weighted by Crippen LogP contribution is 2.14. The lowest BCUT2D eigenvalue weighted by Gasteiger charge is -2.25. The topological polar surface area (TPSA) is 62.2 Å². The third-order valence-electron chi connectivity index (χ3n) is 3.73. The van der Waals surface area contributed by atoms with Gasteiger partial charge in [-0.25, -0.2) is 4.98 Å². The normalized spacial score (nSPS) is 11.6. The van der Waals surface area contributed by atoms with Crippen LogP contribution >= 0.6 is 0 Å². The largest absolute Gasteiger partial charge is 0.388 e. The first-order valence-corrected chi connectivity index (χ1v) is 6.94. The van der Waals surface area contributed by atoms with Crippen LogP contribution in [-0.4, -0.2) is 28.1 Å². The molecule has 20 heavy (non-hydrogen) atoms. The number of carbonyl (C=O) groups excluding carboxylic acids is 1. The number of aromatic nitrogens is 1. The smallest absolute Gasteiger partial charge is 0.270 e. The highest BCUT2D eigenvalue weighted by Gasteiger charge is 2.23. The van der Waals surface area contributed by atoms with Crippen molar-refractivity contribution in [3.05, 3.63) is 42.1 Å². The maximum absolute atomic E-state index is 12.1. The summed E-state index contributed by atoms with van der Waals surface area (Å²) in [7, 11) is 0. The molecule has 2 aromatic rings. The van der Waals surface area contributed by atoms with Gasteiger partial charge in [0.05, 0.1) is 11.1 Å². The van der Waals surface area contributed by atoms with E-state index in [2.05, 4.69) is 10.3 Å². The molecule has 0 spiro atoms. The van der Waals surface area contributed by atoms with E-state index in [4.69, 9.17) is 0 Å². The summed E-state index contributed by atoms with van der Waals surface area (Å²) in [6, 6.07) is 11.2. The lowest BCUT2D eigenvalue weighted by atomic mass is 9.97. The Morgan fingerprint density at radius 3 is 2.60 bits per heavy atom. The second-order valence-corrected chi connectivity index (χ2v) is 5.00. The second kappa shape index (κ2) is 6.01. The lowest BCUT2D eigenvalue weighted by Crippen LogP contribution is -2.42. The van der Waals surface area contributed by atoms with Crippen LogP contribution in [0.25, 0.3) is 10.9 Å². The summed E-state index contributed by atoms with van der Waals surface area (Å²) in [5.74, 6) is -0.254. The number of carbonyl (C=O) groups is 1. The van der Waals surface area contributed by atoms with Crippen molar-refractivity contribution >= 4 is 16.8 Å². The molecule has 0 aliphatic heterocycles. The number of pyridine rings is 1. The molecule has 4 nitrogen and oxygen atoms in total. The van der Waals surface area contributed by atoms with Crippen LogP contribution in [0.2, 0.25) is 0 Å². The van der Waals surface area contributed by atoms with Crippen LogP contribution in [-0.2, 0) is 0 Å². The van der Waals surface area contributed by atoms with Crippen LogP contribution < -0.4 is 5.32 Å². The van der Waals surface area contributed by atoms with Crippen LogP contribution in [0.3, 0.4) is 0 Å². The molecule has 0 saturated carbocycles. The Labute approximate surface area is 118 Å². The molecular formula is C16H20N2O2. The molecular weight excluding hydrogens is 252 g/mol. The second-order valence-electron chi connectivity index (χ2n) is 5.00. The van der Waals surface area contributed by atoms with Crippen molar-refractivity contribution in [2.24, 2.45) is 0 Å². The maximum Gasteiger partial charge on any atom is 0.270 e. The first-order valence-electron chi connectivity index (χ1n) is 6.94. The van der Waals surface area contributed by atoms with Crippen molar-refractivity contribution in [2.75, 3.05) is 6.54 Å². The van der Waals surface area contributed by atoms with Gasteiger partial charge in [0.25, 0.3) is 5.91 Å². The fourth-order valence-corrected chi connectivity index (χ4v) is 2.03. The number of amides is 1. The SMILES string of the molecule is CCC(O)(CC)CNC(=O)c1ccc2ccccc2n1. The quantitative estimate of drug-likeness (QED) is 0.879. The number of rotatable bonds is 5. The molecule has 0 fully saturated rings. The van der Waals surface area contributed by atoms with Crippen LogP contribution in [0.5, 0.6) is 0 Å². The number of hydrogen-bond acceptors (Lipinski definition) is 3. The molecule has 1 amide bonds. The van der Waals surface area contributed by atoms with Crippen molar-refractivity contribution in [2.45, 2.75) is 32.3 Å². The minimum atomic E-state index is -0.841. The molecule has 1 aromatic carbocycles. The summed E-state index contributed by atoms with van der Waals surface area (Å²) < 4.78 is 0. The molecule has 0 aliphatic carbocycles. The number of aliphatic hydroxyl groups is 1. The van der Waals surface area contributed by atoms with E-state index in [0.717, 1.165) is 10.9 Å². The number of benzene rings is 1. The van der Waals surface area contributed by atoms with Crippen molar-refractivity contribution in [1.29, 1.82) is 0 Å². The molecule has 4 heteroatoms. The lowest BCUT2D eigenvalue weighted by molar-refractivity contribution is 0.0313. The monoisotopic (exact) mass is 272 g/mol. The van der Waals surface area contributed by atoms with Crippen molar-refractivity contribution in [1.82, 2.24) is 10.3 Å². The minimum Gasteiger partial charge on any atom is -0.388 e. The molecule has 106 valence electrons. The number of fused-ring (bicyclic) bond motifs is 1. The first kappa shape index (κ1) is 14.5. The Balaban J connectivity index is 2.11. The molecule has 0 atom stereocenters. The molecule has 0 saturated heterocycles. The zero-order valence-electron chi connectivity index (χ0n) is 11.9. The van der Waals surface area contributed by atoms with Gasteiger partial charge in [0.2, 0.25) is 0 Å².